The first-order valence-electron chi connectivity index (χ1n) is 6.76. The summed E-state index contributed by atoms with van der Waals surface area (Å²) in [7, 11) is 0. The van der Waals surface area contributed by atoms with E-state index >= 15 is 0 Å². The van der Waals surface area contributed by atoms with Crippen LogP contribution in [0.4, 0.5) is 11.5 Å². The second-order valence-electron chi connectivity index (χ2n) is 5.14. The molecule has 6 heteroatoms. The number of anilines is 1. The summed E-state index contributed by atoms with van der Waals surface area (Å²) in [4.78, 5) is 14.8. The first kappa shape index (κ1) is 13.8. The number of rotatable bonds is 5. The maximum atomic E-state index is 11.1. The van der Waals surface area contributed by atoms with Crippen molar-refractivity contribution in [2.24, 2.45) is 5.92 Å². The number of benzene rings is 1. The van der Waals surface area contributed by atoms with E-state index in [0.29, 0.717) is 16.8 Å². The molecule has 1 aliphatic carbocycles. The number of hydrogen-bond donors (Lipinski definition) is 1. The van der Waals surface area contributed by atoms with Crippen molar-refractivity contribution >= 4 is 23.1 Å². The van der Waals surface area contributed by atoms with Crippen LogP contribution in [0.2, 0.25) is 5.02 Å². The van der Waals surface area contributed by atoms with Gasteiger partial charge in [0.25, 0.3) is 0 Å². The molecule has 0 bridgehead atoms. The van der Waals surface area contributed by atoms with Gasteiger partial charge in [-0.15, -0.1) is 0 Å². The highest BCUT2D eigenvalue weighted by molar-refractivity contribution is 6.30. The zero-order chi connectivity index (χ0) is 14.8. The molecule has 1 heterocycles. The van der Waals surface area contributed by atoms with Crippen LogP contribution in [0, 0.1) is 16.0 Å². The molecular weight excluding hydrogens is 290 g/mol. The molecule has 0 aliphatic heterocycles. The maximum absolute atomic E-state index is 11.1. The molecule has 1 fully saturated rings. The lowest BCUT2D eigenvalue weighted by Gasteiger charge is -2.19. The van der Waals surface area contributed by atoms with Crippen LogP contribution in [0.5, 0.6) is 0 Å². The molecule has 2 aromatic rings. The summed E-state index contributed by atoms with van der Waals surface area (Å²) in [5, 5.41) is 15.0. The van der Waals surface area contributed by atoms with Gasteiger partial charge in [-0.1, -0.05) is 23.7 Å². The molecule has 3 rings (SSSR count). The quantitative estimate of drug-likeness (QED) is 0.663. The fourth-order valence-corrected chi connectivity index (χ4v) is 2.50. The van der Waals surface area contributed by atoms with E-state index in [2.05, 4.69) is 10.3 Å². The van der Waals surface area contributed by atoms with Crippen molar-refractivity contribution in [3.8, 4) is 0 Å². The summed E-state index contributed by atoms with van der Waals surface area (Å²) in [6.45, 7) is 0. The fourth-order valence-electron chi connectivity index (χ4n) is 2.38. The second kappa shape index (κ2) is 5.69. The van der Waals surface area contributed by atoms with Gasteiger partial charge in [0.1, 0.15) is 0 Å². The number of nitrogens with one attached hydrogen (secondary N) is 1. The number of aromatic nitrogens is 1. The Hall–Kier alpha value is -2.14. The summed E-state index contributed by atoms with van der Waals surface area (Å²) in [5.41, 5.74) is 1.07. The number of pyridine rings is 1. The van der Waals surface area contributed by atoms with Gasteiger partial charge in [-0.3, -0.25) is 10.1 Å². The molecule has 21 heavy (non-hydrogen) atoms. The van der Waals surface area contributed by atoms with Crippen LogP contribution in [0.15, 0.2) is 42.6 Å². The number of nitro groups is 1. The van der Waals surface area contributed by atoms with Crippen LogP contribution in [0.25, 0.3) is 0 Å². The zero-order valence-corrected chi connectivity index (χ0v) is 12.0. The summed E-state index contributed by atoms with van der Waals surface area (Å²) >= 11 is 5.92. The Balaban J connectivity index is 1.90. The van der Waals surface area contributed by atoms with E-state index in [1.165, 1.54) is 6.07 Å². The predicted octanol–water partition coefficient (Wildman–Crippen LogP) is 4.21. The molecule has 0 unspecified atom stereocenters. The Morgan fingerprint density at radius 3 is 2.62 bits per heavy atom. The Morgan fingerprint density at radius 1 is 1.29 bits per heavy atom. The number of hydrogen-bond acceptors (Lipinski definition) is 4. The van der Waals surface area contributed by atoms with Crippen LogP contribution in [-0.4, -0.2) is 9.91 Å². The molecule has 1 atom stereocenters. The lowest BCUT2D eigenvalue weighted by atomic mass is 10.0. The minimum absolute atomic E-state index is 0.00267. The highest BCUT2D eigenvalue weighted by Crippen LogP contribution is 2.43. The lowest BCUT2D eigenvalue weighted by molar-refractivity contribution is -0.384. The molecule has 1 aromatic heterocycles. The second-order valence-corrected chi connectivity index (χ2v) is 5.58. The Morgan fingerprint density at radius 2 is 2.00 bits per heavy atom. The van der Waals surface area contributed by atoms with Crippen molar-refractivity contribution in [2.75, 3.05) is 5.32 Å². The van der Waals surface area contributed by atoms with Gasteiger partial charge >= 0.3 is 5.69 Å². The zero-order valence-electron chi connectivity index (χ0n) is 11.2. The van der Waals surface area contributed by atoms with Crippen molar-refractivity contribution in [3.63, 3.8) is 0 Å². The molecule has 1 aliphatic rings. The number of nitrogens with zero attached hydrogens (tertiary/aromatic N) is 2. The topological polar surface area (TPSA) is 68.1 Å². The number of halogens is 1. The molecule has 1 N–H and O–H groups in total. The average Bonchev–Trinajstić information content (AvgIpc) is 3.31. The summed E-state index contributed by atoms with van der Waals surface area (Å²) in [6, 6.07) is 10.6. The molecule has 5 nitrogen and oxygen atoms in total. The van der Waals surface area contributed by atoms with Crippen molar-refractivity contribution in [2.45, 2.75) is 18.9 Å². The molecule has 0 radical (unpaired) electrons. The van der Waals surface area contributed by atoms with Crippen molar-refractivity contribution in [1.82, 2.24) is 4.98 Å². The van der Waals surface area contributed by atoms with E-state index in [9.17, 15) is 10.1 Å². The third-order valence-corrected chi connectivity index (χ3v) is 3.85. The minimum atomic E-state index is -0.416. The Bertz CT molecular complexity index is 656. The van der Waals surface area contributed by atoms with Gasteiger partial charge in [-0.25, -0.2) is 4.98 Å². The van der Waals surface area contributed by atoms with Gasteiger partial charge in [0, 0.05) is 17.3 Å². The van der Waals surface area contributed by atoms with Crippen LogP contribution in [-0.2, 0) is 0 Å². The van der Waals surface area contributed by atoms with E-state index in [1.807, 2.05) is 24.3 Å². The smallest absolute Gasteiger partial charge is 0.311 e. The summed E-state index contributed by atoms with van der Waals surface area (Å²) in [6.07, 6.45) is 3.78. The summed E-state index contributed by atoms with van der Waals surface area (Å²) in [5.74, 6) is 0.794. The minimum Gasteiger partial charge on any atom is -0.357 e. The van der Waals surface area contributed by atoms with Crippen LogP contribution >= 0.6 is 11.6 Å². The third kappa shape index (κ3) is 3.13. The molecule has 0 spiro atoms. The van der Waals surface area contributed by atoms with E-state index < -0.39 is 4.92 Å². The molecule has 108 valence electrons. The van der Waals surface area contributed by atoms with Crippen LogP contribution < -0.4 is 5.32 Å². The van der Waals surface area contributed by atoms with Crippen molar-refractivity contribution in [3.05, 3.63) is 63.3 Å². The largest absolute Gasteiger partial charge is 0.357 e. The lowest BCUT2D eigenvalue weighted by Crippen LogP contribution is -2.14. The van der Waals surface area contributed by atoms with E-state index in [0.717, 1.165) is 18.4 Å². The average molecular weight is 304 g/mol. The van der Waals surface area contributed by atoms with E-state index in [1.54, 1.807) is 12.3 Å². The molecule has 1 aromatic carbocycles. The van der Waals surface area contributed by atoms with Crippen molar-refractivity contribution in [1.29, 1.82) is 0 Å². The van der Waals surface area contributed by atoms with Gasteiger partial charge in [0.05, 0.1) is 11.0 Å². The highest BCUT2D eigenvalue weighted by Gasteiger charge is 2.33. The molecular formula is C15H14ClN3O2. The first-order valence-corrected chi connectivity index (χ1v) is 7.14. The van der Waals surface area contributed by atoms with Crippen LogP contribution in [0.3, 0.4) is 0 Å². The maximum Gasteiger partial charge on any atom is 0.311 e. The van der Waals surface area contributed by atoms with E-state index in [4.69, 9.17) is 11.6 Å². The Labute approximate surface area is 127 Å². The van der Waals surface area contributed by atoms with Gasteiger partial charge in [-0.2, -0.15) is 0 Å². The SMILES string of the molecule is O=[N+]([O-])c1cccnc1N[C@H](c1ccc(Cl)cc1)C1CC1. The fraction of sp³-hybridized carbons (Fsp3) is 0.267. The highest BCUT2D eigenvalue weighted by atomic mass is 35.5. The monoisotopic (exact) mass is 303 g/mol. The van der Waals surface area contributed by atoms with E-state index in [-0.39, 0.29) is 11.7 Å². The van der Waals surface area contributed by atoms with Crippen LogP contribution in [0.1, 0.15) is 24.4 Å². The van der Waals surface area contributed by atoms with Gasteiger partial charge < -0.3 is 5.32 Å². The van der Waals surface area contributed by atoms with Crippen molar-refractivity contribution < 1.29 is 4.92 Å². The molecule has 0 saturated heterocycles. The van der Waals surface area contributed by atoms with Gasteiger partial charge in [0.15, 0.2) is 0 Å². The normalized spacial score (nSPS) is 15.5. The first-order chi connectivity index (χ1) is 10.1. The third-order valence-electron chi connectivity index (χ3n) is 3.60. The molecule has 0 amide bonds. The Kier molecular flexibility index (Phi) is 3.75. The van der Waals surface area contributed by atoms with Gasteiger partial charge in [0.2, 0.25) is 5.82 Å². The summed E-state index contributed by atoms with van der Waals surface area (Å²) < 4.78 is 0. The van der Waals surface area contributed by atoms with Gasteiger partial charge in [-0.05, 0) is 42.5 Å². The predicted molar refractivity (Wildman–Crippen MR) is 81.4 cm³/mol. The molecule has 1 saturated carbocycles. The standard InChI is InChI=1S/C15H14ClN3O2/c16-12-7-5-11(6-8-12)14(10-3-4-10)18-15-13(19(20)21)2-1-9-17-15/h1-2,5-10,14H,3-4H2,(H,17,18)/t14-/m0/s1.